The van der Waals surface area contributed by atoms with Gasteiger partial charge in [0.2, 0.25) is 0 Å². The monoisotopic (exact) mass is 505 g/mol. The number of benzene rings is 2. The first kappa shape index (κ1) is 25.2. The summed E-state index contributed by atoms with van der Waals surface area (Å²) in [5, 5.41) is 16.5. The Labute approximate surface area is 196 Å². The van der Waals surface area contributed by atoms with Crippen LogP contribution < -0.4 is 20.2 Å². The van der Waals surface area contributed by atoms with Crippen LogP contribution in [-0.4, -0.2) is 42.9 Å². The third-order valence-electron chi connectivity index (χ3n) is 4.47. The van der Waals surface area contributed by atoms with E-state index < -0.39 is 17.9 Å². The minimum Gasteiger partial charge on any atom is -0.503 e. The minimum atomic E-state index is -0.763. The van der Waals surface area contributed by atoms with Crippen LogP contribution >= 0.6 is 15.9 Å². The summed E-state index contributed by atoms with van der Waals surface area (Å²) in [5.41, 5.74) is 3.97. The fourth-order valence-electron chi connectivity index (χ4n) is 2.87. The van der Waals surface area contributed by atoms with E-state index in [1.165, 1.54) is 13.3 Å². The molecule has 0 bridgehead atoms. The molecule has 0 heterocycles. The van der Waals surface area contributed by atoms with Gasteiger partial charge in [-0.15, -0.1) is 0 Å². The number of hydrazone groups is 1. The number of methoxy groups -OCH3 is 1. The molecule has 0 radical (unpaired) electrons. The van der Waals surface area contributed by atoms with Crippen LogP contribution in [0.5, 0.6) is 17.2 Å². The Morgan fingerprint density at radius 3 is 2.59 bits per heavy atom. The Balaban J connectivity index is 1.98. The number of carbonyl (C=O) groups excluding carboxylic acids is 2. The number of ether oxygens (including phenoxy) is 2. The number of para-hydroxylation sites is 1. The number of aromatic hydroxyl groups is 1. The lowest BCUT2D eigenvalue weighted by Gasteiger charge is -2.19. The highest BCUT2D eigenvalue weighted by atomic mass is 79.9. The van der Waals surface area contributed by atoms with E-state index in [-0.39, 0.29) is 24.0 Å². The number of rotatable bonds is 10. The maximum absolute atomic E-state index is 12.6. The van der Waals surface area contributed by atoms with Crippen LogP contribution in [0.1, 0.15) is 31.4 Å². The number of nitrogens with zero attached hydrogens (tertiary/aromatic N) is 1. The zero-order valence-electron chi connectivity index (χ0n) is 18.5. The first-order chi connectivity index (χ1) is 15.2. The molecule has 172 valence electrons. The molecular weight excluding hydrogens is 478 g/mol. The number of hydrogen-bond donors (Lipinski definition) is 3. The minimum absolute atomic E-state index is 0.0266. The van der Waals surface area contributed by atoms with Crippen molar-refractivity contribution >= 4 is 34.0 Å². The van der Waals surface area contributed by atoms with Gasteiger partial charge in [-0.1, -0.05) is 32.0 Å². The quantitative estimate of drug-likeness (QED) is 0.338. The first-order valence-corrected chi connectivity index (χ1v) is 10.9. The normalized spacial score (nSPS) is 11.9. The molecule has 0 aromatic heterocycles. The van der Waals surface area contributed by atoms with Crippen molar-refractivity contribution in [1.29, 1.82) is 0 Å². The lowest BCUT2D eigenvalue weighted by atomic mass is 10.0. The number of phenols is 1. The molecule has 0 fully saturated rings. The lowest BCUT2D eigenvalue weighted by molar-refractivity contribution is -0.130. The first-order valence-electron chi connectivity index (χ1n) is 10.1. The van der Waals surface area contributed by atoms with Gasteiger partial charge in [0.25, 0.3) is 11.8 Å². The summed E-state index contributed by atoms with van der Waals surface area (Å²) in [7, 11) is 1.44. The van der Waals surface area contributed by atoms with Crippen LogP contribution in [0.15, 0.2) is 46.0 Å². The van der Waals surface area contributed by atoms with E-state index in [1.807, 2.05) is 39.0 Å². The Morgan fingerprint density at radius 1 is 1.22 bits per heavy atom. The fourth-order valence-corrected chi connectivity index (χ4v) is 3.33. The Hall–Kier alpha value is -3.07. The van der Waals surface area contributed by atoms with Gasteiger partial charge in [-0.3, -0.25) is 9.59 Å². The van der Waals surface area contributed by atoms with Gasteiger partial charge < -0.3 is 19.9 Å². The van der Waals surface area contributed by atoms with E-state index in [0.717, 1.165) is 5.56 Å². The Kier molecular flexibility index (Phi) is 9.52. The van der Waals surface area contributed by atoms with Gasteiger partial charge in [-0.2, -0.15) is 5.10 Å². The van der Waals surface area contributed by atoms with E-state index in [2.05, 4.69) is 31.8 Å². The molecular formula is C23H28BrN3O5. The van der Waals surface area contributed by atoms with Crippen molar-refractivity contribution in [1.82, 2.24) is 10.7 Å². The molecule has 0 saturated carbocycles. The molecule has 0 unspecified atom stereocenters. The third kappa shape index (κ3) is 7.56. The smallest absolute Gasteiger partial charge is 0.262 e. The SMILES string of the molecule is COc1cc(/C=N\NC(=O)[C@@H](CC(C)C)NC(=O)COc2ccccc2C)cc(Br)c1O. The molecule has 0 aliphatic heterocycles. The molecule has 3 N–H and O–H groups in total. The van der Waals surface area contributed by atoms with Gasteiger partial charge in [0.1, 0.15) is 11.8 Å². The van der Waals surface area contributed by atoms with Crippen LogP contribution in [0.4, 0.5) is 0 Å². The summed E-state index contributed by atoms with van der Waals surface area (Å²) < 4.78 is 11.1. The van der Waals surface area contributed by atoms with E-state index in [0.29, 0.717) is 22.2 Å². The van der Waals surface area contributed by atoms with Gasteiger partial charge >= 0.3 is 0 Å². The molecule has 2 aromatic carbocycles. The van der Waals surface area contributed by atoms with Crippen molar-refractivity contribution in [3.05, 3.63) is 52.0 Å². The van der Waals surface area contributed by atoms with Crippen LogP contribution in [0.2, 0.25) is 0 Å². The lowest BCUT2D eigenvalue weighted by Crippen LogP contribution is -2.47. The molecule has 0 aliphatic carbocycles. The second kappa shape index (κ2) is 12.1. The molecule has 2 aromatic rings. The molecule has 2 amide bonds. The van der Waals surface area contributed by atoms with Crippen molar-refractivity contribution in [2.75, 3.05) is 13.7 Å². The van der Waals surface area contributed by atoms with Crippen LogP contribution in [-0.2, 0) is 9.59 Å². The molecule has 32 heavy (non-hydrogen) atoms. The summed E-state index contributed by atoms with van der Waals surface area (Å²) >= 11 is 3.23. The predicted octanol–water partition coefficient (Wildman–Crippen LogP) is 3.53. The molecule has 8 nitrogen and oxygen atoms in total. The number of amides is 2. The largest absolute Gasteiger partial charge is 0.503 e. The number of phenolic OH excluding ortho intramolecular Hbond substituents is 1. The summed E-state index contributed by atoms with van der Waals surface area (Å²) in [4.78, 5) is 25.0. The highest BCUT2D eigenvalue weighted by molar-refractivity contribution is 9.10. The fraction of sp³-hybridized carbons (Fsp3) is 0.348. The number of hydrogen-bond acceptors (Lipinski definition) is 6. The van der Waals surface area contributed by atoms with Gasteiger partial charge in [-0.25, -0.2) is 5.43 Å². The van der Waals surface area contributed by atoms with Gasteiger partial charge in [0, 0.05) is 0 Å². The number of halogens is 1. The molecule has 1 atom stereocenters. The molecule has 9 heteroatoms. The molecule has 2 rings (SSSR count). The van der Waals surface area contributed by atoms with E-state index >= 15 is 0 Å². The maximum Gasteiger partial charge on any atom is 0.262 e. The highest BCUT2D eigenvalue weighted by Gasteiger charge is 2.22. The van der Waals surface area contributed by atoms with Gasteiger partial charge in [0.05, 0.1) is 17.8 Å². The van der Waals surface area contributed by atoms with Crippen molar-refractivity contribution in [2.45, 2.75) is 33.2 Å². The zero-order valence-corrected chi connectivity index (χ0v) is 20.1. The predicted molar refractivity (Wildman–Crippen MR) is 126 cm³/mol. The Morgan fingerprint density at radius 2 is 1.94 bits per heavy atom. The summed E-state index contributed by atoms with van der Waals surface area (Å²) in [6, 6.07) is 9.83. The molecule has 0 saturated heterocycles. The highest BCUT2D eigenvalue weighted by Crippen LogP contribution is 2.34. The zero-order chi connectivity index (χ0) is 23.7. The van der Waals surface area contributed by atoms with Crippen molar-refractivity contribution in [3.63, 3.8) is 0 Å². The average molecular weight is 506 g/mol. The van der Waals surface area contributed by atoms with Crippen molar-refractivity contribution in [3.8, 4) is 17.2 Å². The topological polar surface area (TPSA) is 109 Å². The van der Waals surface area contributed by atoms with Crippen LogP contribution in [0.3, 0.4) is 0 Å². The number of carbonyl (C=O) groups is 2. The van der Waals surface area contributed by atoms with E-state index in [1.54, 1.807) is 18.2 Å². The van der Waals surface area contributed by atoms with Crippen molar-refractivity contribution < 1.29 is 24.2 Å². The summed E-state index contributed by atoms with van der Waals surface area (Å²) in [6.45, 7) is 5.61. The average Bonchev–Trinajstić information content (AvgIpc) is 2.74. The second-order valence-electron chi connectivity index (χ2n) is 7.59. The summed E-state index contributed by atoms with van der Waals surface area (Å²) in [6.07, 6.45) is 1.86. The van der Waals surface area contributed by atoms with Crippen LogP contribution in [0.25, 0.3) is 0 Å². The standard InChI is InChI=1S/C23H28BrN3O5/c1-14(2)9-18(26-21(28)13-32-19-8-6-5-7-15(19)3)23(30)27-25-12-16-10-17(24)22(29)20(11-16)31-4/h5-8,10-12,14,18,29H,9,13H2,1-4H3,(H,26,28)(H,27,30)/b25-12-/t18-/m1/s1. The summed E-state index contributed by atoms with van der Waals surface area (Å²) in [5.74, 6) is 0.193. The van der Waals surface area contributed by atoms with Crippen LogP contribution in [0, 0.1) is 12.8 Å². The van der Waals surface area contributed by atoms with Gasteiger partial charge in [0.15, 0.2) is 18.1 Å². The Bertz CT molecular complexity index is 978. The third-order valence-corrected chi connectivity index (χ3v) is 5.07. The second-order valence-corrected chi connectivity index (χ2v) is 8.45. The van der Waals surface area contributed by atoms with Crippen molar-refractivity contribution in [2.24, 2.45) is 11.0 Å². The van der Waals surface area contributed by atoms with Gasteiger partial charge in [-0.05, 0) is 64.5 Å². The number of aryl methyl sites for hydroxylation is 1. The molecule has 0 spiro atoms. The molecule has 0 aliphatic rings. The number of nitrogens with one attached hydrogen (secondary N) is 2. The van der Waals surface area contributed by atoms with E-state index in [9.17, 15) is 14.7 Å². The van der Waals surface area contributed by atoms with E-state index in [4.69, 9.17) is 9.47 Å². The maximum atomic E-state index is 12.6.